The van der Waals surface area contributed by atoms with E-state index in [1.807, 2.05) is 65.9 Å². The number of aromatic nitrogens is 4. The fourth-order valence-corrected chi connectivity index (χ4v) is 5.51. The molecule has 0 atom stereocenters. The minimum atomic E-state index is 0. The SMILES string of the molecule is C.C.C.C.C.CC(C)c1ccccc1.CC(C)c1ccccc1.CC(C)c1ccccn1.CC(C)c1cccnc1.CC(C)c1cscn1.CC(C)c1nccs1. The molecule has 0 aliphatic carbocycles. The average molecular weight is 817 g/mol. The van der Waals surface area contributed by atoms with Gasteiger partial charge in [0.05, 0.1) is 16.2 Å². The Hall–Kier alpha value is -4.00. The molecular weight excluding hydrogens is 733 g/mol. The molecule has 0 amide bonds. The number of pyridine rings is 2. The van der Waals surface area contributed by atoms with Crippen LogP contribution in [0.1, 0.15) is 189 Å². The Balaban J connectivity index is -0.000000187. The molecule has 0 bridgehead atoms. The number of nitrogens with zero attached hydrogens (tertiary/aromatic N) is 4. The van der Waals surface area contributed by atoms with Crippen molar-refractivity contribution in [2.45, 2.75) is 156 Å². The number of rotatable bonds is 6. The Morgan fingerprint density at radius 1 is 0.404 bits per heavy atom. The van der Waals surface area contributed by atoms with E-state index < -0.39 is 0 Å². The van der Waals surface area contributed by atoms with Gasteiger partial charge in [0.25, 0.3) is 0 Å². The molecule has 0 spiro atoms. The first kappa shape index (κ1) is 62.2. The smallest absolute Gasteiger partial charge is 0.0950 e. The standard InChI is InChI=1S/2C9H12.2C8H11N.2C6H9NS.5CH4/c2*1-8(2)9-6-4-3-5-7-9;1-7(2)8-4-3-5-9-6-8;1-7(2)8-5-3-4-6-9-8;1-5(2)6-3-8-4-7-6;1-5(2)6-7-3-4-8-6;;;;;/h2*3-8H,1-2H3;2*3-7H,1-2H3;2*3-5H,1-2H3;5*1H4. The van der Waals surface area contributed by atoms with Crippen molar-refractivity contribution in [3.8, 4) is 0 Å². The Kier molecular flexibility index (Phi) is 41.0. The summed E-state index contributed by atoms with van der Waals surface area (Å²) in [6.45, 7) is 26.0. The van der Waals surface area contributed by atoms with E-state index in [1.165, 1.54) is 27.4 Å². The van der Waals surface area contributed by atoms with Crippen LogP contribution in [0.15, 0.2) is 132 Å². The maximum absolute atomic E-state index is 4.18. The highest BCUT2D eigenvalue weighted by Gasteiger charge is 1.99. The van der Waals surface area contributed by atoms with Crippen molar-refractivity contribution >= 4 is 22.7 Å². The van der Waals surface area contributed by atoms with Gasteiger partial charge in [-0.3, -0.25) is 9.97 Å². The lowest BCUT2D eigenvalue weighted by Crippen LogP contribution is -1.88. The first-order valence-electron chi connectivity index (χ1n) is 18.5. The first-order valence-corrected chi connectivity index (χ1v) is 20.3. The molecule has 4 nitrogen and oxygen atoms in total. The summed E-state index contributed by atoms with van der Waals surface area (Å²) in [4.78, 5) is 16.5. The van der Waals surface area contributed by atoms with Crippen molar-refractivity contribution < 1.29 is 0 Å². The van der Waals surface area contributed by atoms with Crippen molar-refractivity contribution in [3.63, 3.8) is 0 Å². The van der Waals surface area contributed by atoms with Gasteiger partial charge in [0.1, 0.15) is 0 Å². The number of hydrogen-bond donors (Lipinski definition) is 0. The van der Waals surface area contributed by atoms with Crippen molar-refractivity contribution in [2.75, 3.05) is 0 Å². The molecule has 320 valence electrons. The van der Waals surface area contributed by atoms with Crippen molar-refractivity contribution in [3.05, 3.63) is 165 Å². The average Bonchev–Trinajstić information content (AvgIpc) is 3.91. The zero-order valence-corrected chi connectivity index (χ0v) is 35.4. The zero-order valence-electron chi connectivity index (χ0n) is 33.8. The van der Waals surface area contributed by atoms with Crippen LogP contribution in [0.5, 0.6) is 0 Å². The minimum absolute atomic E-state index is 0. The van der Waals surface area contributed by atoms with Crippen molar-refractivity contribution in [1.82, 2.24) is 19.9 Å². The molecule has 57 heavy (non-hydrogen) atoms. The predicted molar refractivity (Wildman–Crippen MR) is 264 cm³/mol. The minimum Gasteiger partial charge on any atom is -0.264 e. The summed E-state index contributed by atoms with van der Waals surface area (Å²) in [5.41, 5.74) is 8.37. The van der Waals surface area contributed by atoms with Gasteiger partial charge >= 0.3 is 0 Å². The predicted octanol–water partition coefficient (Wildman–Crippen LogP) is 17.7. The number of benzene rings is 2. The molecule has 4 heterocycles. The summed E-state index contributed by atoms with van der Waals surface area (Å²) in [6, 6.07) is 31.1. The zero-order chi connectivity index (χ0) is 38.7. The van der Waals surface area contributed by atoms with Gasteiger partial charge in [0, 0.05) is 47.2 Å². The van der Waals surface area contributed by atoms with Crippen LogP contribution in [0, 0.1) is 0 Å². The first-order chi connectivity index (χ1) is 24.8. The molecule has 0 saturated carbocycles. The summed E-state index contributed by atoms with van der Waals surface area (Å²) < 4.78 is 0. The van der Waals surface area contributed by atoms with Gasteiger partial charge in [0.2, 0.25) is 0 Å². The van der Waals surface area contributed by atoms with Gasteiger partial charge in [-0.2, -0.15) is 0 Å². The number of thiazole rings is 2. The van der Waals surface area contributed by atoms with Gasteiger partial charge < -0.3 is 0 Å². The molecule has 6 aromatic rings. The van der Waals surface area contributed by atoms with Gasteiger partial charge in [-0.15, -0.1) is 22.7 Å². The monoisotopic (exact) mass is 817 g/mol. The van der Waals surface area contributed by atoms with E-state index in [9.17, 15) is 0 Å². The van der Waals surface area contributed by atoms with Gasteiger partial charge in [-0.25, -0.2) is 9.97 Å². The van der Waals surface area contributed by atoms with E-state index in [4.69, 9.17) is 0 Å². The molecule has 0 aliphatic rings. The Morgan fingerprint density at radius 3 is 1.11 bits per heavy atom. The molecular formula is C51H84N4S2. The molecule has 6 heteroatoms. The Morgan fingerprint density at radius 2 is 0.877 bits per heavy atom. The van der Waals surface area contributed by atoms with Crippen LogP contribution in [-0.4, -0.2) is 19.9 Å². The maximum atomic E-state index is 4.18. The molecule has 4 aromatic heterocycles. The van der Waals surface area contributed by atoms with Gasteiger partial charge in [-0.1, -0.05) is 193 Å². The molecule has 0 saturated heterocycles. The van der Waals surface area contributed by atoms with Crippen molar-refractivity contribution in [1.29, 1.82) is 0 Å². The van der Waals surface area contributed by atoms with E-state index in [2.05, 4.69) is 163 Å². The topological polar surface area (TPSA) is 51.6 Å². The van der Waals surface area contributed by atoms with E-state index in [-0.39, 0.29) is 37.1 Å². The lowest BCUT2D eigenvalue weighted by Gasteiger charge is -2.01. The van der Waals surface area contributed by atoms with Crippen LogP contribution in [0.2, 0.25) is 0 Å². The fraction of sp³-hybridized carbons (Fsp3) is 0.451. The summed E-state index contributed by atoms with van der Waals surface area (Å²) in [6.07, 6.45) is 7.38. The van der Waals surface area contributed by atoms with Crippen LogP contribution in [0.3, 0.4) is 0 Å². The highest BCUT2D eigenvalue weighted by molar-refractivity contribution is 7.09. The molecule has 0 unspecified atom stereocenters. The molecule has 0 N–H and O–H groups in total. The molecule has 6 rings (SSSR count). The number of hydrogen-bond acceptors (Lipinski definition) is 6. The summed E-state index contributed by atoms with van der Waals surface area (Å²) >= 11 is 3.38. The second-order valence-electron chi connectivity index (χ2n) is 14.1. The lowest BCUT2D eigenvalue weighted by molar-refractivity contribution is 0.823. The highest BCUT2D eigenvalue weighted by atomic mass is 32.1. The van der Waals surface area contributed by atoms with Crippen LogP contribution in [0.25, 0.3) is 0 Å². The van der Waals surface area contributed by atoms with Crippen LogP contribution >= 0.6 is 22.7 Å². The van der Waals surface area contributed by atoms with Crippen LogP contribution in [0.4, 0.5) is 0 Å². The molecule has 2 aromatic carbocycles. The quantitative estimate of drug-likeness (QED) is 0.168. The van der Waals surface area contributed by atoms with Gasteiger partial charge in [-0.05, 0) is 64.5 Å². The summed E-state index contributed by atoms with van der Waals surface area (Å²) in [5.74, 6) is 3.64. The van der Waals surface area contributed by atoms with Crippen molar-refractivity contribution in [2.24, 2.45) is 0 Å². The van der Waals surface area contributed by atoms with Gasteiger partial charge in [0.15, 0.2) is 0 Å². The third-order valence-corrected chi connectivity index (χ3v) is 9.23. The normalized spacial score (nSPS) is 9.30. The lowest BCUT2D eigenvalue weighted by atomic mass is 10.0. The maximum Gasteiger partial charge on any atom is 0.0950 e. The van der Waals surface area contributed by atoms with E-state index in [1.54, 1.807) is 28.9 Å². The summed E-state index contributed by atoms with van der Waals surface area (Å²) in [7, 11) is 0. The molecule has 0 radical (unpaired) electrons. The van der Waals surface area contributed by atoms with Crippen LogP contribution in [-0.2, 0) is 0 Å². The van der Waals surface area contributed by atoms with E-state index >= 15 is 0 Å². The molecule has 0 aliphatic heterocycles. The second kappa shape index (κ2) is 37.6. The Labute approximate surface area is 361 Å². The summed E-state index contributed by atoms with van der Waals surface area (Å²) in [5, 5.41) is 5.32. The molecule has 0 fully saturated rings. The van der Waals surface area contributed by atoms with E-state index in [0.717, 1.165) is 5.69 Å². The largest absolute Gasteiger partial charge is 0.264 e. The third kappa shape index (κ3) is 29.8. The van der Waals surface area contributed by atoms with Crippen LogP contribution < -0.4 is 0 Å². The Bertz CT molecular complexity index is 1390. The van der Waals surface area contributed by atoms with E-state index in [0.29, 0.717) is 35.5 Å². The fourth-order valence-electron chi connectivity index (χ4n) is 4.14. The third-order valence-electron chi connectivity index (χ3n) is 7.55. The highest BCUT2D eigenvalue weighted by Crippen LogP contribution is 2.16. The second-order valence-corrected chi connectivity index (χ2v) is 15.7.